The van der Waals surface area contributed by atoms with Gasteiger partial charge in [0.2, 0.25) is 0 Å². The minimum absolute atomic E-state index is 1.17. The summed E-state index contributed by atoms with van der Waals surface area (Å²) < 4.78 is 0. The SMILES string of the molecule is CCC=C(C)C. The molecule has 0 atom stereocenters. The molecule has 6 heavy (non-hydrogen) atoms. The molecule has 0 aliphatic heterocycles. The second-order valence-corrected chi connectivity index (χ2v) is 1.69. The van der Waals surface area contributed by atoms with Crippen LogP contribution in [-0.4, -0.2) is 0 Å². The van der Waals surface area contributed by atoms with Gasteiger partial charge in [-0.3, -0.25) is 0 Å². The van der Waals surface area contributed by atoms with E-state index in [-0.39, 0.29) is 0 Å². The van der Waals surface area contributed by atoms with Crippen LogP contribution < -0.4 is 0 Å². The summed E-state index contributed by atoms with van der Waals surface area (Å²) >= 11 is 0. The molecule has 36 valence electrons. The Balaban J connectivity index is 3.14. The van der Waals surface area contributed by atoms with Gasteiger partial charge in [-0.15, -0.1) is 0 Å². The van der Waals surface area contributed by atoms with Crippen molar-refractivity contribution in [1.82, 2.24) is 0 Å². The Labute approximate surface area is 39.9 Å². The summed E-state index contributed by atoms with van der Waals surface area (Å²) in [7, 11) is 0. The topological polar surface area (TPSA) is 0 Å². The van der Waals surface area contributed by atoms with Crippen molar-refractivity contribution in [2.45, 2.75) is 27.2 Å². The highest BCUT2D eigenvalue weighted by atomic mass is 13.7. The van der Waals surface area contributed by atoms with E-state index in [1.807, 2.05) is 0 Å². The minimum Gasteiger partial charge on any atom is -0.0862 e. The maximum Gasteiger partial charge on any atom is -0.0377 e. The van der Waals surface area contributed by atoms with E-state index in [1.54, 1.807) is 0 Å². The first-order valence-corrected chi connectivity index (χ1v) is 2.40. The molecule has 0 aliphatic carbocycles. The molecule has 0 aromatic carbocycles. The fourth-order valence-corrected chi connectivity index (χ4v) is 0.408. The van der Waals surface area contributed by atoms with Gasteiger partial charge in [0.25, 0.3) is 0 Å². The van der Waals surface area contributed by atoms with Crippen LogP contribution in [0.5, 0.6) is 0 Å². The van der Waals surface area contributed by atoms with E-state index in [1.165, 1.54) is 12.0 Å². The lowest BCUT2D eigenvalue weighted by Crippen LogP contribution is -1.58. The van der Waals surface area contributed by atoms with Crippen LogP contribution >= 0.6 is 0 Å². The molecule has 0 heteroatoms. The van der Waals surface area contributed by atoms with E-state index in [4.69, 9.17) is 0 Å². The molecule has 0 rings (SSSR count). The molecular weight excluding hydrogens is 72.1 g/mol. The predicted octanol–water partition coefficient (Wildman–Crippen LogP) is 2.36. The lowest BCUT2D eigenvalue weighted by atomic mass is 10.3. The van der Waals surface area contributed by atoms with E-state index in [9.17, 15) is 0 Å². The van der Waals surface area contributed by atoms with Gasteiger partial charge in [0.05, 0.1) is 0 Å². The molecule has 0 nitrogen and oxygen atoms in total. The summed E-state index contributed by atoms with van der Waals surface area (Å²) in [6.07, 6.45) is 3.38. The molecule has 0 aromatic heterocycles. The van der Waals surface area contributed by atoms with Crippen molar-refractivity contribution in [2.24, 2.45) is 0 Å². The molecule has 0 fully saturated rings. The molecule has 0 radical (unpaired) electrons. The molecule has 0 spiro atoms. The molecule has 0 unspecified atom stereocenters. The van der Waals surface area contributed by atoms with Gasteiger partial charge in [0.1, 0.15) is 0 Å². The van der Waals surface area contributed by atoms with E-state index >= 15 is 0 Å². The highest BCUT2D eigenvalue weighted by Gasteiger charge is 1.67. The third kappa shape index (κ3) is 3.74. The van der Waals surface area contributed by atoms with Crippen LogP contribution in [0.4, 0.5) is 0 Å². The average molecular weight is 84.2 g/mol. The second kappa shape index (κ2) is 2.95. The lowest BCUT2D eigenvalue weighted by molar-refractivity contribution is 1.18. The van der Waals surface area contributed by atoms with Crippen LogP contribution in [0.15, 0.2) is 11.6 Å². The van der Waals surface area contributed by atoms with Crippen LogP contribution in [0.3, 0.4) is 0 Å². The summed E-state index contributed by atoms with van der Waals surface area (Å²) in [5, 5.41) is 0. The van der Waals surface area contributed by atoms with E-state index in [0.717, 1.165) is 0 Å². The van der Waals surface area contributed by atoms with Crippen LogP contribution in [0.2, 0.25) is 0 Å². The Morgan fingerprint density at radius 1 is 1.50 bits per heavy atom. The number of hydrogen-bond acceptors (Lipinski definition) is 0. The van der Waals surface area contributed by atoms with Gasteiger partial charge in [-0.25, -0.2) is 0 Å². The normalized spacial score (nSPS) is 7.83. The van der Waals surface area contributed by atoms with E-state index in [2.05, 4.69) is 26.8 Å². The van der Waals surface area contributed by atoms with Crippen LogP contribution in [0.1, 0.15) is 27.2 Å². The number of rotatable bonds is 1. The molecule has 0 heterocycles. The maximum absolute atomic E-state index is 2.21. The van der Waals surface area contributed by atoms with Gasteiger partial charge < -0.3 is 0 Å². The zero-order chi connectivity index (χ0) is 4.99. The molecule has 0 bridgehead atoms. The first-order chi connectivity index (χ1) is 2.77. The van der Waals surface area contributed by atoms with Crippen molar-refractivity contribution < 1.29 is 0 Å². The minimum atomic E-state index is 1.17. The van der Waals surface area contributed by atoms with Gasteiger partial charge >= 0.3 is 0 Å². The standard InChI is InChI=1S/C6H12/c1-4-5-6(2)3/h5H,4H2,1-3H3. The number of allylic oxidation sites excluding steroid dienone is 2. The van der Waals surface area contributed by atoms with Crippen LogP contribution in [-0.2, 0) is 0 Å². The Morgan fingerprint density at radius 2 is 2.00 bits per heavy atom. The second-order valence-electron chi connectivity index (χ2n) is 1.69. The maximum atomic E-state index is 2.21. The third-order valence-corrected chi connectivity index (χ3v) is 0.612. The van der Waals surface area contributed by atoms with Crippen molar-refractivity contribution in [1.29, 1.82) is 0 Å². The fourth-order valence-electron chi connectivity index (χ4n) is 0.408. The summed E-state index contributed by atoms with van der Waals surface area (Å²) in [5.74, 6) is 0. The van der Waals surface area contributed by atoms with Crippen LogP contribution in [0.25, 0.3) is 0 Å². The molecular formula is C6H12. The Hall–Kier alpha value is -0.260. The van der Waals surface area contributed by atoms with Crippen molar-refractivity contribution in [2.75, 3.05) is 0 Å². The first-order valence-electron chi connectivity index (χ1n) is 2.40. The monoisotopic (exact) mass is 84.1 g/mol. The lowest BCUT2D eigenvalue weighted by Gasteiger charge is -1.80. The van der Waals surface area contributed by atoms with E-state index < -0.39 is 0 Å². The molecule has 0 aromatic rings. The predicted molar refractivity (Wildman–Crippen MR) is 29.7 cm³/mol. The van der Waals surface area contributed by atoms with Crippen molar-refractivity contribution in [3.63, 3.8) is 0 Å². The van der Waals surface area contributed by atoms with Crippen molar-refractivity contribution >= 4 is 0 Å². The van der Waals surface area contributed by atoms with Crippen molar-refractivity contribution in [3.05, 3.63) is 11.6 Å². The molecule has 0 saturated carbocycles. The average Bonchev–Trinajstić information content (AvgIpc) is 1.35. The van der Waals surface area contributed by atoms with Gasteiger partial charge in [-0.1, -0.05) is 18.6 Å². The quantitative estimate of drug-likeness (QED) is 0.428. The Morgan fingerprint density at radius 3 is 2.00 bits per heavy atom. The summed E-state index contributed by atoms with van der Waals surface area (Å²) in [6.45, 7) is 6.38. The Kier molecular flexibility index (Phi) is 2.82. The fraction of sp³-hybridized carbons (Fsp3) is 0.667. The molecule has 0 N–H and O–H groups in total. The first kappa shape index (κ1) is 5.74. The molecule has 0 saturated heterocycles. The zero-order valence-corrected chi connectivity index (χ0v) is 4.78. The molecule has 0 aliphatic rings. The van der Waals surface area contributed by atoms with Gasteiger partial charge in [-0.2, -0.15) is 0 Å². The largest absolute Gasteiger partial charge is 0.0862 e. The number of hydrogen-bond donors (Lipinski definition) is 0. The van der Waals surface area contributed by atoms with Gasteiger partial charge in [0, 0.05) is 0 Å². The Bertz CT molecular complexity index is 47.1. The van der Waals surface area contributed by atoms with Crippen LogP contribution in [0, 0.1) is 0 Å². The zero-order valence-electron chi connectivity index (χ0n) is 4.78. The summed E-state index contributed by atoms with van der Waals surface area (Å²) in [4.78, 5) is 0. The highest BCUT2D eigenvalue weighted by Crippen LogP contribution is 1.88. The van der Waals surface area contributed by atoms with Gasteiger partial charge in [-0.05, 0) is 20.3 Å². The van der Waals surface area contributed by atoms with Gasteiger partial charge in [0.15, 0.2) is 0 Å². The van der Waals surface area contributed by atoms with Crippen molar-refractivity contribution in [3.8, 4) is 0 Å². The van der Waals surface area contributed by atoms with E-state index in [0.29, 0.717) is 0 Å². The summed E-state index contributed by atoms with van der Waals surface area (Å²) in [6, 6.07) is 0. The highest BCUT2D eigenvalue weighted by molar-refractivity contribution is 4.91. The molecule has 0 amide bonds. The smallest absolute Gasteiger partial charge is 0.0377 e. The summed E-state index contributed by atoms with van der Waals surface area (Å²) in [5.41, 5.74) is 1.41. The third-order valence-electron chi connectivity index (χ3n) is 0.612.